The molecule has 29 heavy (non-hydrogen) atoms. The highest BCUT2D eigenvalue weighted by Crippen LogP contribution is 2.29. The Balaban J connectivity index is 1.35. The van der Waals surface area contributed by atoms with Gasteiger partial charge in [-0.15, -0.1) is 0 Å². The van der Waals surface area contributed by atoms with Crippen LogP contribution in [0.3, 0.4) is 0 Å². The van der Waals surface area contributed by atoms with E-state index in [2.05, 4.69) is 40.1 Å². The number of benzene rings is 2. The first-order valence-corrected chi connectivity index (χ1v) is 11.0. The molecule has 0 aromatic heterocycles. The number of para-hydroxylation sites is 2. The van der Waals surface area contributed by atoms with Crippen molar-refractivity contribution < 1.29 is 9.53 Å². The van der Waals surface area contributed by atoms with E-state index in [4.69, 9.17) is 4.74 Å². The molecule has 4 nitrogen and oxygen atoms in total. The first kappa shape index (κ1) is 20.0. The van der Waals surface area contributed by atoms with E-state index in [1.54, 1.807) is 7.11 Å². The van der Waals surface area contributed by atoms with Gasteiger partial charge in [-0.1, -0.05) is 49.6 Å². The van der Waals surface area contributed by atoms with Crippen molar-refractivity contribution in [3.05, 3.63) is 59.7 Å². The Morgan fingerprint density at radius 2 is 1.72 bits per heavy atom. The number of anilines is 1. The first-order valence-electron chi connectivity index (χ1n) is 11.0. The Labute approximate surface area is 174 Å². The predicted octanol–water partition coefficient (Wildman–Crippen LogP) is 4.78. The van der Waals surface area contributed by atoms with Gasteiger partial charge in [0.25, 0.3) is 0 Å². The fraction of sp³-hybridized carbons (Fsp3) is 0.480. The van der Waals surface area contributed by atoms with Crippen LogP contribution in [0.1, 0.15) is 48.0 Å². The molecule has 4 rings (SSSR count). The van der Waals surface area contributed by atoms with Gasteiger partial charge >= 0.3 is 0 Å². The standard InChI is InChI=1S/C25H32N2O2/c1-29-24-13-6-5-12-23(24)27-16-14-26(15-17-27)19-20-8-7-11-22(18-20)25(28)21-9-3-2-4-10-21/h5-8,11-13,18,21H,2-4,9-10,14-17,19H2,1H3. The highest BCUT2D eigenvalue weighted by Gasteiger charge is 2.23. The van der Waals surface area contributed by atoms with Crippen LogP contribution in [-0.4, -0.2) is 44.0 Å². The second kappa shape index (κ2) is 9.45. The van der Waals surface area contributed by atoms with Gasteiger partial charge in [0, 0.05) is 44.2 Å². The van der Waals surface area contributed by atoms with Crippen molar-refractivity contribution in [3.8, 4) is 5.75 Å². The van der Waals surface area contributed by atoms with E-state index in [9.17, 15) is 4.79 Å². The largest absolute Gasteiger partial charge is 0.495 e. The predicted molar refractivity (Wildman–Crippen MR) is 118 cm³/mol. The van der Waals surface area contributed by atoms with Crippen LogP contribution in [-0.2, 0) is 6.54 Å². The van der Waals surface area contributed by atoms with Crippen LogP contribution in [0.15, 0.2) is 48.5 Å². The summed E-state index contributed by atoms with van der Waals surface area (Å²) in [5.74, 6) is 1.53. The molecule has 0 unspecified atom stereocenters. The number of methoxy groups -OCH3 is 1. The summed E-state index contributed by atoms with van der Waals surface area (Å²) in [5.41, 5.74) is 3.33. The van der Waals surface area contributed by atoms with Crippen LogP contribution in [0.25, 0.3) is 0 Å². The molecule has 1 saturated heterocycles. The monoisotopic (exact) mass is 392 g/mol. The Bertz CT molecular complexity index is 821. The molecule has 2 aliphatic rings. The van der Waals surface area contributed by atoms with Gasteiger partial charge in [-0.05, 0) is 36.6 Å². The third-order valence-corrected chi connectivity index (χ3v) is 6.39. The number of hydrogen-bond acceptors (Lipinski definition) is 4. The van der Waals surface area contributed by atoms with Gasteiger partial charge in [0.2, 0.25) is 0 Å². The van der Waals surface area contributed by atoms with Crippen LogP contribution in [0.2, 0.25) is 0 Å². The third-order valence-electron chi connectivity index (χ3n) is 6.39. The van der Waals surface area contributed by atoms with Gasteiger partial charge in [0.1, 0.15) is 5.75 Å². The fourth-order valence-electron chi connectivity index (χ4n) is 4.72. The number of Topliss-reactive ketones (excluding diaryl/α,β-unsaturated/α-hetero) is 1. The molecule has 2 fully saturated rings. The minimum absolute atomic E-state index is 0.239. The SMILES string of the molecule is COc1ccccc1N1CCN(Cc2cccc(C(=O)C3CCCCC3)c2)CC1. The Morgan fingerprint density at radius 3 is 2.48 bits per heavy atom. The van der Waals surface area contributed by atoms with Crippen molar-refractivity contribution in [1.29, 1.82) is 0 Å². The lowest BCUT2D eigenvalue weighted by molar-refractivity contribution is 0.0889. The van der Waals surface area contributed by atoms with Crippen molar-refractivity contribution in [3.63, 3.8) is 0 Å². The molecular formula is C25H32N2O2. The average Bonchev–Trinajstić information content (AvgIpc) is 2.80. The Morgan fingerprint density at radius 1 is 0.966 bits per heavy atom. The molecule has 0 spiro atoms. The van der Waals surface area contributed by atoms with E-state index in [-0.39, 0.29) is 5.92 Å². The molecular weight excluding hydrogens is 360 g/mol. The molecule has 0 amide bonds. The maximum Gasteiger partial charge on any atom is 0.165 e. The highest BCUT2D eigenvalue weighted by molar-refractivity contribution is 5.98. The average molecular weight is 393 g/mol. The van der Waals surface area contributed by atoms with E-state index < -0.39 is 0 Å². The number of ether oxygens (including phenoxy) is 1. The summed E-state index contributed by atoms with van der Waals surface area (Å²) < 4.78 is 5.52. The quantitative estimate of drug-likeness (QED) is 0.663. The van der Waals surface area contributed by atoms with E-state index in [1.165, 1.54) is 30.5 Å². The molecule has 0 N–H and O–H groups in total. The minimum Gasteiger partial charge on any atom is -0.495 e. The normalized spacial score (nSPS) is 18.6. The van der Waals surface area contributed by atoms with E-state index in [1.807, 2.05) is 18.2 Å². The van der Waals surface area contributed by atoms with Crippen molar-refractivity contribution in [2.75, 3.05) is 38.2 Å². The molecule has 1 saturated carbocycles. The minimum atomic E-state index is 0.239. The summed E-state index contributed by atoms with van der Waals surface area (Å²) in [6.07, 6.45) is 5.81. The van der Waals surface area contributed by atoms with Gasteiger partial charge in [-0.3, -0.25) is 9.69 Å². The number of nitrogens with zero attached hydrogens (tertiary/aromatic N) is 2. The number of piperazine rings is 1. The maximum atomic E-state index is 12.9. The third kappa shape index (κ3) is 4.81. The summed E-state index contributed by atoms with van der Waals surface area (Å²) in [5, 5.41) is 0. The first-order chi connectivity index (χ1) is 14.2. The molecule has 1 aliphatic carbocycles. The second-order valence-corrected chi connectivity index (χ2v) is 8.33. The van der Waals surface area contributed by atoms with Crippen molar-refractivity contribution in [2.24, 2.45) is 5.92 Å². The Kier molecular flexibility index (Phi) is 6.50. The number of carbonyl (C=O) groups excluding carboxylic acids is 1. The zero-order chi connectivity index (χ0) is 20.1. The van der Waals surface area contributed by atoms with Crippen LogP contribution in [0.5, 0.6) is 5.75 Å². The summed E-state index contributed by atoms with van der Waals surface area (Å²) in [6, 6.07) is 16.6. The van der Waals surface area contributed by atoms with Crippen molar-refractivity contribution in [2.45, 2.75) is 38.6 Å². The van der Waals surface area contributed by atoms with E-state index in [0.29, 0.717) is 5.78 Å². The van der Waals surface area contributed by atoms with Gasteiger partial charge in [0.15, 0.2) is 5.78 Å². The zero-order valence-corrected chi connectivity index (χ0v) is 17.5. The molecule has 4 heteroatoms. The summed E-state index contributed by atoms with van der Waals surface area (Å²) in [4.78, 5) is 17.8. The summed E-state index contributed by atoms with van der Waals surface area (Å²) in [6.45, 7) is 4.91. The lowest BCUT2D eigenvalue weighted by Crippen LogP contribution is -2.46. The molecule has 1 aliphatic heterocycles. The Hall–Kier alpha value is -2.33. The fourth-order valence-corrected chi connectivity index (χ4v) is 4.72. The summed E-state index contributed by atoms with van der Waals surface area (Å²) >= 11 is 0. The topological polar surface area (TPSA) is 32.8 Å². The van der Waals surface area contributed by atoms with Crippen LogP contribution >= 0.6 is 0 Å². The number of carbonyl (C=O) groups is 1. The molecule has 0 bridgehead atoms. The van der Waals surface area contributed by atoms with Gasteiger partial charge in [-0.2, -0.15) is 0 Å². The van der Waals surface area contributed by atoms with E-state index >= 15 is 0 Å². The van der Waals surface area contributed by atoms with Crippen LogP contribution in [0.4, 0.5) is 5.69 Å². The van der Waals surface area contributed by atoms with Gasteiger partial charge in [0.05, 0.1) is 12.8 Å². The highest BCUT2D eigenvalue weighted by atomic mass is 16.5. The maximum absolute atomic E-state index is 12.9. The second-order valence-electron chi connectivity index (χ2n) is 8.33. The number of rotatable bonds is 6. The van der Waals surface area contributed by atoms with Crippen molar-refractivity contribution >= 4 is 11.5 Å². The molecule has 0 atom stereocenters. The molecule has 154 valence electrons. The molecule has 0 radical (unpaired) electrons. The van der Waals surface area contributed by atoms with Gasteiger partial charge < -0.3 is 9.64 Å². The van der Waals surface area contributed by atoms with Crippen LogP contribution < -0.4 is 9.64 Å². The smallest absolute Gasteiger partial charge is 0.165 e. The lowest BCUT2D eigenvalue weighted by Gasteiger charge is -2.36. The lowest BCUT2D eigenvalue weighted by atomic mass is 9.83. The molecule has 2 aromatic carbocycles. The number of ketones is 1. The number of hydrogen-bond donors (Lipinski definition) is 0. The van der Waals surface area contributed by atoms with E-state index in [0.717, 1.165) is 56.9 Å². The van der Waals surface area contributed by atoms with Gasteiger partial charge in [-0.25, -0.2) is 0 Å². The molecule has 1 heterocycles. The zero-order valence-electron chi connectivity index (χ0n) is 17.5. The van der Waals surface area contributed by atoms with Crippen LogP contribution in [0, 0.1) is 5.92 Å². The van der Waals surface area contributed by atoms with Crippen molar-refractivity contribution in [1.82, 2.24) is 4.90 Å². The molecule has 2 aromatic rings. The summed E-state index contributed by atoms with van der Waals surface area (Å²) in [7, 11) is 1.73.